The van der Waals surface area contributed by atoms with Crippen LogP contribution in [0.15, 0.2) is 54.6 Å². The first-order valence-electron chi connectivity index (χ1n) is 9.56. The Bertz CT molecular complexity index is 969. The lowest BCUT2D eigenvalue weighted by Crippen LogP contribution is -2.23. The first-order chi connectivity index (χ1) is 13.1. The first-order valence-corrected chi connectivity index (χ1v) is 9.97. The number of benzene rings is 2. The molecule has 140 valence electrons. The monoisotopic (exact) mass is 378 g/mol. The van der Waals surface area contributed by atoms with Gasteiger partial charge in [0.1, 0.15) is 5.82 Å². The number of hydrogen-bond acceptors (Lipinski definition) is 3. The SMILES string of the molecule is Cc1ccccc1CN(C)Cn1nc(C2CC2)n(Cc2ccccc2)c1=S. The van der Waals surface area contributed by atoms with Crippen molar-refractivity contribution in [3.63, 3.8) is 0 Å². The van der Waals surface area contributed by atoms with E-state index in [1.54, 1.807) is 0 Å². The molecule has 0 radical (unpaired) electrons. The van der Waals surface area contributed by atoms with Crippen LogP contribution in [-0.2, 0) is 19.8 Å². The van der Waals surface area contributed by atoms with Crippen molar-refractivity contribution < 1.29 is 0 Å². The molecule has 1 aliphatic carbocycles. The Hall–Kier alpha value is -2.24. The van der Waals surface area contributed by atoms with Crippen molar-refractivity contribution >= 4 is 12.2 Å². The van der Waals surface area contributed by atoms with Crippen molar-refractivity contribution in [1.29, 1.82) is 0 Å². The molecule has 1 heterocycles. The lowest BCUT2D eigenvalue weighted by atomic mass is 10.1. The van der Waals surface area contributed by atoms with Crippen LogP contribution in [0, 0.1) is 11.7 Å². The average Bonchev–Trinajstić information content (AvgIpc) is 3.46. The van der Waals surface area contributed by atoms with Gasteiger partial charge in [-0.25, -0.2) is 4.68 Å². The molecular formula is C22H26N4S. The summed E-state index contributed by atoms with van der Waals surface area (Å²) in [6.45, 7) is 4.55. The van der Waals surface area contributed by atoms with Crippen LogP contribution >= 0.6 is 12.2 Å². The summed E-state index contributed by atoms with van der Waals surface area (Å²) < 4.78 is 5.03. The number of hydrogen-bond donors (Lipinski definition) is 0. The van der Waals surface area contributed by atoms with E-state index < -0.39 is 0 Å². The van der Waals surface area contributed by atoms with Gasteiger partial charge >= 0.3 is 0 Å². The minimum absolute atomic E-state index is 0.568. The van der Waals surface area contributed by atoms with E-state index in [9.17, 15) is 0 Å². The van der Waals surface area contributed by atoms with Crippen LogP contribution in [0.25, 0.3) is 0 Å². The topological polar surface area (TPSA) is 26.0 Å². The molecule has 27 heavy (non-hydrogen) atoms. The minimum Gasteiger partial charge on any atom is -0.299 e. The van der Waals surface area contributed by atoms with Gasteiger partial charge in [0.05, 0.1) is 13.2 Å². The van der Waals surface area contributed by atoms with Crippen molar-refractivity contribution in [3.8, 4) is 0 Å². The molecule has 0 saturated heterocycles. The fourth-order valence-corrected chi connectivity index (χ4v) is 3.72. The maximum Gasteiger partial charge on any atom is 0.199 e. The molecule has 4 rings (SSSR count). The Kier molecular flexibility index (Phi) is 5.23. The number of rotatable bonds is 7. The predicted octanol–water partition coefficient (Wildman–Crippen LogP) is 4.74. The molecule has 0 bridgehead atoms. The lowest BCUT2D eigenvalue weighted by Gasteiger charge is -2.17. The van der Waals surface area contributed by atoms with E-state index in [-0.39, 0.29) is 0 Å². The summed E-state index contributed by atoms with van der Waals surface area (Å²) in [4.78, 5) is 2.27. The van der Waals surface area contributed by atoms with Crippen molar-refractivity contribution in [2.24, 2.45) is 0 Å². The van der Waals surface area contributed by atoms with Gasteiger partial charge in [0.25, 0.3) is 0 Å². The molecule has 5 heteroatoms. The second kappa shape index (κ2) is 7.79. The zero-order valence-corrected chi connectivity index (χ0v) is 16.8. The van der Waals surface area contributed by atoms with Gasteiger partial charge < -0.3 is 0 Å². The smallest absolute Gasteiger partial charge is 0.199 e. The highest BCUT2D eigenvalue weighted by Gasteiger charge is 2.30. The second-order valence-corrected chi connectivity index (χ2v) is 7.93. The van der Waals surface area contributed by atoms with Gasteiger partial charge in [0.2, 0.25) is 0 Å². The van der Waals surface area contributed by atoms with Crippen molar-refractivity contribution in [2.45, 2.75) is 45.4 Å². The molecule has 1 aromatic heterocycles. The first kappa shape index (κ1) is 18.1. The van der Waals surface area contributed by atoms with E-state index >= 15 is 0 Å². The van der Waals surface area contributed by atoms with Gasteiger partial charge in [-0.05, 0) is 55.7 Å². The Morgan fingerprint density at radius 3 is 2.48 bits per heavy atom. The molecule has 1 fully saturated rings. The molecule has 0 aliphatic heterocycles. The zero-order valence-electron chi connectivity index (χ0n) is 16.0. The standard InChI is InChI=1S/C22H26N4S/c1-17-8-6-7-11-20(17)15-24(2)16-26-22(27)25(21(23-26)19-12-13-19)14-18-9-4-3-5-10-18/h3-11,19H,12-16H2,1-2H3. The quantitative estimate of drug-likeness (QED) is 0.556. The normalized spacial score (nSPS) is 14.0. The Morgan fingerprint density at radius 2 is 1.78 bits per heavy atom. The van der Waals surface area contributed by atoms with Crippen LogP contribution in [0.3, 0.4) is 0 Å². The molecule has 0 N–H and O–H groups in total. The Balaban J connectivity index is 1.55. The van der Waals surface area contributed by atoms with Crippen LogP contribution < -0.4 is 0 Å². The Labute approximate surface area is 166 Å². The van der Waals surface area contributed by atoms with E-state index in [2.05, 4.69) is 78.0 Å². The van der Waals surface area contributed by atoms with E-state index in [4.69, 9.17) is 17.3 Å². The highest BCUT2D eigenvalue weighted by molar-refractivity contribution is 7.71. The molecular weight excluding hydrogens is 352 g/mol. The number of nitrogens with zero attached hydrogens (tertiary/aromatic N) is 4. The van der Waals surface area contributed by atoms with Crippen LogP contribution in [0.4, 0.5) is 0 Å². The highest BCUT2D eigenvalue weighted by Crippen LogP contribution is 2.39. The number of aryl methyl sites for hydroxylation is 1. The fourth-order valence-electron chi connectivity index (χ4n) is 3.47. The van der Waals surface area contributed by atoms with E-state index in [0.717, 1.165) is 23.7 Å². The molecule has 1 saturated carbocycles. The van der Waals surface area contributed by atoms with Gasteiger partial charge in [-0.2, -0.15) is 5.10 Å². The van der Waals surface area contributed by atoms with Crippen LogP contribution in [0.2, 0.25) is 0 Å². The summed E-state index contributed by atoms with van der Waals surface area (Å²) in [7, 11) is 2.13. The molecule has 2 aromatic carbocycles. The third-order valence-electron chi connectivity index (χ3n) is 5.15. The molecule has 0 amide bonds. The largest absolute Gasteiger partial charge is 0.299 e. The summed E-state index contributed by atoms with van der Waals surface area (Å²) in [6, 6.07) is 19.0. The minimum atomic E-state index is 0.568. The van der Waals surface area contributed by atoms with Gasteiger partial charge in [-0.1, -0.05) is 54.6 Å². The van der Waals surface area contributed by atoms with Gasteiger partial charge in [-0.3, -0.25) is 9.47 Å². The van der Waals surface area contributed by atoms with E-state index in [1.165, 1.54) is 29.5 Å². The molecule has 3 aromatic rings. The summed E-state index contributed by atoms with van der Waals surface area (Å²) >= 11 is 5.80. The van der Waals surface area contributed by atoms with Crippen LogP contribution in [-0.4, -0.2) is 26.3 Å². The van der Waals surface area contributed by atoms with Crippen LogP contribution in [0.5, 0.6) is 0 Å². The molecule has 1 aliphatic rings. The highest BCUT2D eigenvalue weighted by atomic mass is 32.1. The average molecular weight is 379 g/mol. The van der Waals surface area contributed by atoms with E-state index in [0.29, 0.717) is 12.6 Å². The Morgan fingerprint density at radius 1 is 1.07 bits per heavy atom. The third-order valence-corrected chi connectivity index (χ3v) is 5.59. The van der Waals surface area contributed by atoms with Gasteiger partial charge in [0, 0.05) is 12.5 Å². The van der Waals surface area contributed by atoms with Gasteiger partial charge in [0.15, 0.2) is 4.77 Å². The van der Waals surface area contributed by atoms with Crippen molar-refractivity contribution in [1.82, 2.24) is 19.2 Å². The van der Waals surface area contributed by atoms with Gasteiger partial charge in [-0.15, -0.1) is 0 Å². The van der Waals surface area contributed by atoms with Crippen LogP contribution in [0.1, 0.15) is 41.3 Å². The molecule has 0 atom stereocenters. The van der Waals surface area contributed by atoms with Crippen molar-refractivity contribution in [3.05, 3.63) is 81.9 Å². The second-order valence-electron chi connectivity index (χ2n) is 7.57. The molecule has 0 unspecified atom stereocenters. The maximum atomic E-state index is 5.80. The zero-order chi connectivity index (χ0) is 18.8. The summed E-state index contributed by atoms with van der Waals surface area (Å²) in [5.74, 6) is 1.71. The summed E-state index contributed by atoms with van der Waals surface area (Å²) in [6.07, 6.45) is 2.44. The summed E-state index contributed by atoms with van der Waals surface area (Å²) in [5.41, 5.74) is 3.93. The maximum absolute atomic E-state index is 5.80. The summed E-state index contributed by atoms with van der Waals surface area (Å²) in [5, 5.41) is 4.91. The fraction of sp³-hybridized carbons (Fsp3) is 0.364. The van der Waals surface area contributed by atoms with E-state index in [1.807, 2.05) is 4.68 Å². The number of aromatic nitrogens is 3. The van der Waals surface area contributed by atoms with Crippen molar-refractivity contribution in [2.75, 3.05) is 7.05 Å². The molecule has 4 nitrogen and oxygen atoms in total. The lowest BCUT2D eigenvalue weighted by molar-refractivity contribution is 0.243. The third kappa shape index (κ3) is 4.20. The predicted molar refractivity (Wildman–Crippen MR) is 111 cm³/mol. The molecule has 0 spiro atoms.